The van der Waals surface area contributed by atoms with Crippen LogP contribution in [0.15, 0.2) is 48.8 Å². The highest BCUT2D eigenvalue weighted by atomic mass is 32.2. The molecule has 19 heteroatoms. The fraction of sp³-hybridized carbons (Fsp3) is 0.488. The van der Waals surface area contributed by atoms with Crippen molar-refractivity contribution in [3.63, 3.8) is 0 Å². The summed E-state index contributed by atoms with van der Waals surface area (Å²) < 4.78 is 43.6. The summed E-state index contributed by atoms with van der Waals surface area (Å²) >= 11 is 1.46. The molecule has 4 aliphatic rings. The van der Waals surface area contributed by atoms with Gasteiger partial charge in [-0.25, -0.2) is 32.7 Å². The van der Waals surface area contributed by atoms with Crippen molar-refractivity contribution in [2.24, 2.45) is 11.3 Å². The molecule has 0 bridgehead atoms. The third kappa shape index (κ3) is 9.42. The van der Waals surface area contributed by atoms with Crippen LogP contribution in [0.1, 0.15) is 99.0 Å². The van der Waals surface area contributed by atoms with Gasteiger partial charge in [-0.15, -0.1) is 11.3 Å². The topological polar surface area (TPSA) is 223 Å². The lowest BCUT2D eigenvalue weighted by atomic mass is 9.65. The number of benzene rings is 1. The number of thiazole rings is 1. The van der Waals surface area contributed by atoms with Gasteiger partial charge in [-0.1, -0.05) is 13.0 Å². The van der Waals surface area contributed by atoms with Crippen molar-refractivity contribution >= 4 is 62.3 Å². The van der Waals surface area contributed by atoms with Crippen molar-refractivity contribution in [3.05, 3.63) is 65.3 Å². The molecular formula is C43H51FN10O6S2. The predicted molar refractivity (Wildman–Crippen MR) is 233 cm³/mol. The minimum Gasteiger partial charge on any atom is -0.370 e. The molecule has 62 heavy (non-hydrogen) atoms. The first-order chi connectivity index (χ1) is 29.8. The molecule has 16 nitrogen and oxygen atoms in total. The fourth-order valence-corrected chi connectivity index (χ4v) is 11.6. The van der Waals surface area contributed by atoms with Gasteiger partial charge in [-0.2, -0.15) is 0 Å². The maximum absolute atomic E-state index is 16.1. The Hall–Kier alpha value is -5.56. The van der Waals surface area contributed by atoms with Gasteiger partial charge in [0.15, 0.2) is 5.82 Å². The van der Waals surface area contributed by atoms with Crippen LogP contribution in [0.25, 0.3) is 21.8 Å². The molecule has 5 N–H and O–H groups in total. The van der Waals surface area contributed by atoms with Crippen molar-refractivity contribution in [1.82, 2.24) is 35.5 Å². The van der Waals surface area contributed by atoms with Crippen molar-refractivity contribution in [3.8, 4) is 21.8 Å². The summed E-state index contributed by atoms with van der Waals surface area (Å²) in [7, 11) is -3.73. The predicted octanol–water partition coefficient (Wildman–Crippen LogP) is 5.25. The minimum atomic E-state index is -3.73. The lowest BCUT2D eigenvalue weighted by Crippen LogP contribution is -2.52. The van der Waals surface area contributed by atoms with Gasteiger partial charge in [0.05, 0.1) is 44.6 Å². The number of nitrogens with one attached hydrogen (secondary N) is 3. The molecule has 1 spiro atoms. The second-order valence-electron chi connectivity index (χ2n) is 16.9. The smallest absolute Gasteiger partial charge is 0.270 e. The van der Waals surface area contributed by atoms with Crippen LogP contribution in [0.3, 0.4) is 0 Å². The van der Waals surface area contributed by atoms with E-state index in [-0.39, 0.29) is 70.6 Å². The maximum Gasteiger partial charge on any atom is 0.270 e. The second kappa shape index (κ2) is 18.0. The number of hydrogen-bond acceptors (Lipinski definition) is 13. The van der Waals surface area contributed by atoms with Gasteiger partial charge >= 0.3 is 0 Å². The zero-order valence-corrected chi connectivity index (χ0v) is 36.2. The van der Waals surface area contributed by atoms with Crippen LogP contribution >= 0.6 is 11.3 Å². The fourth-order valence-electron chi connectivity index (χ4n) is 9.24. The summed E-state index contributed by atoms with van der Waals surface area (Å²) in [6.45, 7) is 4.60. The number of pyridine rings is 1. The summed E-state index contributed by atoms with van der Waals surface area (Å²) in [6.07, 6.45) is 11.2. The zero-order chi connectivity index (χ0) is 43.6. The molecule has 0 radical (unpaired) electrons. The van der Waals surface area contributed by atoms with Gasteiger partial charge in [-0.05, 0) is 100.0 Å². The quantitative estimate of drug-likeness (QED) is 0.142. The summed E-state index contributed by atoms with van der Waals surface area (Å²) in [5.41, 5.74) is 8.10. The minimum absolute atomic E-state index is 0.0526. The number of amides is 4. The number of nitrogens with zero attached hydrogens (tertiary/aromatic N) is 6. The number of aromatic nitrogens is 4. The first-order valence-corrected chi connectivity index (χ1v) is 23.8. The Morgan fingerprint density at radius 1 is 0.968 bits per heavy atom. The van der Waals surface area contributed by atoms with Crippen molar-refractivity contribution in [2.75, 3.05) is 47.3 Å². The van der Waals surface area contributed by atoms with Crippen molar-refractivity contribution in [1.29, 1.82) is 0 Å². The van der Waals surface area contributed by atoms with Gasteiger partial charge in [0.1, 0.15) is 11.7 Å². The molecule has 3 aliphatic heterocycles. The van der Waals surface area contributed by atoms with E-state index in [2.05, 4.69) is 35.2 Å². The lowest BCUT2D eigenvalue weighted by Gasteiger charge is -2.46. The van der Waals surface area contributed by atoms with E-state index in [4.69, 9.17) is 10.7 Å². The number of nitrogen functional groups attached to an aromatic ring is 1. The Balaban J connectivity index is 0.854. The first kappa shape index (κ1) is 43.1. The van der Waals surface area contributed by atoms with E-state index in [0.717, 1.165) is 75.2 Å². The van der Waals surface area contributed by atoms with Gasteiger partial charge in [0, 0.05) is 56.2 Å². The number of nitrogens with two attached hydrogens (primary N) is 1. The van der Waals surface area contributed by atoms with Crippen LogP contribution in [0.4, 0.5) is 21.7 Å². The molecule has 1 aliphatic carbocycles. The molecular weight excluding hydrogens is 836 g/mol. The Morgan fingerprint density at radius 3 is 2.40 bits per heavy atom. The first-order valence-electron chi connectivity index (χ1n) is 21.3. The van der Waals surface area contributed by atoms with E-state index in [0.29, 0.717) is 35.8 Å². The third-order valence-corrected chi connectivity index (χ3v) is 15.5. The van der Waals surface area contributed by atoms with Crippen molar-refractivity contribution in [2.45, 2.75) is 89.5 Å². The average molecular weight is 887 g/mol. The highest BCUT2D eigenvalue weighted by molar-refractivity contribution is 7.92. The van der Waals surface area contributed by atoms with E-state index in [1.54, 1.807) is 43.6 Å². The summed E-state index contributed by atoms with van der Waals surface area (Å²) in [5.74, 6) is -1.77. The van der Waals surface area contributed by atoms with E-state index >= 15 is 4.39 Å². The van der Waals surface area contributed by atoms with E-state index < -0.39 is 33.7 Å². The molecule has 4 fully saturated rings. The monoisotopic (exact) mass is 886 g/mol. The van der Waals surface area contributed by atoms with Crippen LogP contribution in [-0.4, -0.2) is 94.9 Å². The largest absolute Gasteiger partial charge is 0.370 e. The molecule has 4 aromatic rings. The van der Waals surface area contributed by atoms with Crippen LogP contribution in [0.5, 0.6) is 0 Å². The van der Waals surface area contributed by atoms with Crippen LogP contribution in [0, 0.1) is 17.2 Å². The Morgan fingerprint density at radius 2 is 1.73 bits per heavy atom. The summed E-state index contributed by atoms with van der Waals surface area (Å²) in [6, 6.07) is 9.01. The Labute approximate surface area is 363 Å². The number of likely N-dealkylation sites (tertiary alicyclic amines) is 1. The van der Waals surface area contributed by atoms with Gasteiger partial charge in [-0.3, -0.25) is 29.2 Å². The van der Waals surface area contributed by atoms with E-state index in [1.807, 2.05) is 11.0 Å². The molecule has 1 saturated carbocycles. The molecule has 8 rings (SSSR count). The van der Waals surface area contributed by atoms with Crippen LogP contribution < -0.4 is 26.0 Å². The zero-order valence-electron chi connectivity index (χ0n) is 34.6. The number of halogens is 1. The SMILES string of the molecule is CCCS(=O)(=O)Nc1cccc(-c2nc(C3CCC4(CC3)CCN(C(=O)C3CCN(c5ccc(C(=O)N[C@@H]6CCC(=O)NC6=O)nc5)CC3)CC4)sc2-c2ccnc(N)n2)c1F. The molecule has 4 amide bonds. The normalized spacial score (nSPS) is 19.9. The number of rotatable bonds is 11. The number of hydrogen-bond donors (Lipinski definition) is 4. The molecule has 1 atom stereocenters. The molecule has 3 saturated heterocycles. The number of sulfonamides is 1. The molecule has 328 valence electrons. The number of imide groups is 1. The molecule has 3 aromatic heterocycles. The summed E-state index contributed by atoms with van der Waals surface area (Å²) in [5, 5.41) is 5.76. The number of carbonyl (C=O) groups excluding carboxylic acids is 4. The highest BCUT2D eigenvalue weighted by Crippen LogP contribution is 2.51. The van der Waals surface area contributed by atoms with E-state index in [1.165, 1.54) is 17.4 Å². The van der Waals surface area contributed by atoms with Crippen LogP contribution in [0.2, 0.25) is 0 Å². The number of piperidine rings is 3. The molecule has 0 unspecified atom stereocenters. The lowest BCUT2D eigenvalue weighted by molar-refractivity contribution is -0.139. The number of anilines is 3. The van der Waals surface area contributed by atoms with Crippen molar-refractivity contribution < 1.29 is 32.0 Å². The highest BCUT2D eigenvalue weighted by Gasteiger charge is 2.41. The standard InChI is InChI=1S/C43H51FN10O6S2/c1-2-24-62(59,60)52-30-5-3-4-29(35(30)44)36-37(31-12-19-46-42(45)49-31)61-40(51-36)26-10-15-43(16-11-26)17-22-54(23-18-43)41(58)27-13-20-53(21-14-27)28-6-7-32(47-25-28)38(56)48-33-8-9-34(55)50-39(33)57/h3-7,12,19,25-27,33,52H,2,8-11,13-18,20-24H2,1H3,(H,48,56)(H2,45,46,49)(H,50,55,57)/t33-/m1/s1. The molecule has 1 aromatic carbocycles. The Bertz CT molecular complexity index is 2440. The Kier molecular flexibility index (Phi) is 12.5. The number of carbonyl (C=O) groups is 4. The van der Waals surface area contributed by atoms with Gasteiger partial charge in [0.2, 0.25) is 33.7 Å². The second-order valence-corrected chi connectivity index (χ2v) is 19.7. The van der Waals surface area contributed by atoms with Crippen LogP contribution in [-0.2, 0) is 24.4 Å². The third-order valence-electron chi connectivity index (χ3n) is 12.8. The van der Waals surface area contributed by atoms with Gasteiger partial charge < -0.3 is 20.9 Å². The molecule has 6 heterocycles. The van der Waals surface area contributed by atoms with Gasteiger partial charge in [0.25, 0.3) is 5.91 Å². The summed E-state index contributed by atoms with van der Waals surface area (Å²) in [4.78, 5) is 72.6. The van der Waals surface area contributed by atoms with E-state index in [9.17, 15) is 27.6 Å². The average Bonchev–Trinajstić information content (AvgIpc) is 3.71. The maximum atomic E-state index is 16.1.